The van der Waals surface area contributed by atoms with Crippen molar-refractivity contribution in [3.63, 3.8) is 0 Å². The van der Waals surface area contributed by atoms with E-state index in [0.29, 0.717) is 5.56 Å². The Balaban J connectivity index is 2.86. The summed E-state index contributed by atoms with van der Waals surface area (Å²) < 4.78 is 13.5. The number of rotatable bonds is 5. The van der Waals surface area contributed by atoms with Crippen molar-refractivity contribution < 1.29 is 14.0 Å². The van der Waals surface area contributed by atoms with Gasteiger partial charge in [-0.15, -0.1) is 0 Å². The molecule has 1 aromatic rings. The van der Waals surface area contributed by atoms with E-state index in [0.717, 1.165) is 12.1 Å². The predicted octanol–water partition coefficient (Wildman–Crippen LogP) is 3.33. The largest absolute Gasteiger partial charge is 0.391 e. The molecule has 17 heavy (non-hydrogen) atoms. The summed E-state index contributed by atoms with van der Waals surface area (Å²) in [7, 11) is 0. The van der Waals surface area contributed by atoms with Crippen LogP contribution < -0.4 is 0 Å². The number of halogens is 1. The lowest BCUT2D eigenvalue weighted by atomic mass is 10.0. The SMILES string of the molecule is CCC(C)=NOCc1c(F)cccc1C(C)=O. The molecule has 1 rings (SSSR count). The van der Waals surface area contributed by atoms with Crippen LogP contribution in [0.25, 0.3) is 0 Å². The van der Waals surface area contributed by atoms with Gasteiger partial charge in [0.05, 0.1) is 5.71 Å². The lowest BCUT2D eigenvalue weighted by Crippen LogP contribution is -2.04. The zero-order valence-electron chi connectivity index (χ0n) is 10.3. The van der Waals surface area contributed by atoms with Crippen LogP contribution in [0.2, 0.25) is 0 Å². The van der Waals surface area contributed by atoms with Crippen molar-refractivity contribution >= 4 is 11.5 Å². The molecule has 4 heteroatoms. The second-order valence-corrected chi connectivity index (χ2v) is 3.78. The fourth-order valence-electron chi connectivity index (χ4n) is 1.31. The Morgan fingerprint density at radius 3 is 2.71 bits per heavy atom. The van der Waals surface area contributed by atoms with E-state index in [1.54, 1.807) is 6.07 Å². The molecule has 0 N–H and O–H groups in total. The van der Waals surface area contributed by atoms with E-state index in [2.05, 4.69) is 5.16 Å². The van der Waals surface area contributed by atoms with Gasteiger partial charge in [0.2, 0.25) is 0 Å². The van der Waals surface area contributed by atoms with Crippen LogP contribution in [-0.4, -0.2) is 11.5 Å². The molecule has 0 atom stereocenters. The van der Waals surface area contributed by atoms with E-state index in [9.17, 15) is 9.18 Å². The highest BCUT2D eigenvalue weighted by Gasteiger charge is 2.12. The fraction of sp³-hybridized carbons (Fsp3) is 0.385. The quantitative estimate of drug-likeness (QED) is 0.447. The molecule has 0 amide bonds. The number of carbonyl (C=O) groups is 1. The Hall–Kier alpha value is -1.71. The first-order valence-corrected chi connectivity index (χ1v) is 5.50. The van der Waals surface area contributed by atoms with Crippen molar-refractivity contribution in [1.29, 1.82) is 0 Å². The molecule has 0 unspecified atom stereocenters. The van der Waals surface area contributed by atoms with E-state index in [1.165, 1.54) is 19.1 Å². The molecular formula is C13H16FNO2. The number of hydrogen-bond acceptors (Lipinski definition) is 3. The van der Waals surface area contributed by atoms with E-state index in [-0.39, 0.29) is 18.0 Å². The Bertz CT molecular complexity index is 441. The second-order valence-electron chi connectivity index (χ2n) is 3.78. The summed E-state index contributed by atoms with van der Waals surface area (Å²) >= 11 is 0. The van der Waals surface area contributed by atoms with Gasteiger partial charge < -0.3 is 4.84 Å². The summed E-state index contributed by atoms with van der Waals surface area (Å²) in [5, 5.41) is 3.82. The maximum atomic E-state index is 13.5. The Morgan fingerprint density at radius 1 is 1.41 bits per heavy atom. The van der Waals surface area contributed by atoms with Crippen LogP contribution >= 0.6 is 0 Å². The molecule has 0 aliphatic heterocycles. The molecule has 92 valence electrons. The lowest BCUT2D eigenvalue weighted by Gasteiger charge is -2.07. The minimum atomic E-state index is -0.443. The molecular weight excluding hydrogens is 221 g/mol. The van der Waals surface area contributed by atoms with Crippen molar-refractivity contribution in [2.75, 3.05) is 0 Å². The number of carbonyl (C=O) groups excluding carboxylic acids is 1. The minimum Gasteiger partial charge on any atom is -0.391 e. The maximum absolute atomic E-state index is 13.5. The highest BCUT2D eigenvalue weighted by Crippen LogP contribution is 2.15. The number of benzene rings is 1. The zero-order chi connectivity index (χ0) is 12.8. The summed E-state index contributed by atoms with van der Waals surface area (Å²) in [4.78, 5) is 16.4. The fourth-order valence-corrected chi connectivity index (χ4v) is 1.31. The van der Waals surface area contributed by atoms with Crippen molar-refractivity contribution in [1.82, 2.24) is 0 Å². The van der Waals surface area contributed by atoms with Crippen molar-refractivity contribution in [2.45, 2.75) is 33.8 Å². The van der Waals surface area contributed by atoms with Gasteiger partial charge in [-0.05, 0) is 26.3 Å². The van der Waals surface area contributed by atoms with Gasteiger partial charge in [0.1, 0.15) is 12.4 Å². The first kappa shape index (κ1) is 13.4. The van der Waals surface area contributed by atoms with E-state index < -0.39 is 5.82 Å². The van der Waals surface area contributed by atoms with Crippen LogP contribution in [0.3, 0.4) is 0 Å². The summed E-state index contributed by atoms with van der Waals surface area (Å²) in [6.07, 6.45) is 0.775. The van der Waals surface area contributed by atoms with Gasteiger partial charge in [-0.25, -0.2) is 4.39 Å². The molecule has 0 aromatic heterocycles. The van der Waals surface area contributed by atoms with Crippen LogP contribution in [0.15, 0.2) is 23.4 Å². The third-order valence-corrected chi connectivity index (χ3v) is 2.44. The molecule has 0 radical (unpaired) electrons. The van der Waals surface area contributed by atoms with Crippen LogP contribution in [0.1, 0.15) is 43.1 Å². The highest BCUT2D eigenvalue weighted by molar-refractivity contribution is 5.95. The molecule has 0 spiro atoms. The standard InChI is InChI=1S/C13H16FNO2/c1-4-9(2)15-17-8-12-11(10(3)16)6-5-7-13(12)14/h5-7H,4,8H2,1-3H3. The lowest BCUT2D eigenvalue weighted by molar-refractivity contribution is 0.0998. The van der Waals surface area contributed by atoms with Gasteiger partial charge in [0.25, 0.3) is 0 Å². The Kier molecular flexibility index (Phi) is 4.82. The summed E-state index contributed by atoms with van der Waals surface area (Å²) in [6.45, 7) is 5.15. The van der Waals surface area contributed by atoms with E-state index in [4.69, 9.17) is 4.84 Å². The van der Waals surface area contributed by atoms with Crippen molar-refractivity contribution in [3.05, 3.63) is 35.1 Å². The molecule has 3 nitrogen and oxygen atoms in total. The summed E-state index contributed by atoms with van der Waals surface area (Å²) in [6, 6.07) is 4.40. The molecule has 0 bridgehead atoms. The Morgan fingerprint density at radius 2 is 2.12 bits per heavy atom. The number of hydrogen-bond donors (Lipinski definition) is 0. The Labute approximate surface area is 100 Å². The third-order valence-electron chi connectivity index (χ3n) is 2.44. The van der Waals surface area contributed by atoms with E-state index in [1.807, 2.05) is 13.8 Å². The minimum absolute atomic E-state index is 0.0288. The van der Waals surface area contributed by atoms with Crippen LogP contribution in [0.5, 0.6) is 0 Å². The van der Waals surface area contributed by atoms with Crippen molar-refractivity contribution in [3.8, 4) is 0 Å². The molecule has 0 fully saturated rings. The van der Waals surface area contributed by atoms with Gasteiger partial charge in [0.15, 0.2) is 5.78 Å². The second kappa shape index (κ2) is 6.13. The van der Waals surface area contributed by atoms with Gasteiger partial charge in [-0.3, -0.25) is 4.79 Å². The maximum Gasteiger partial charge on any atom is 0.160 e. The zero-order valence-corrected chi connectivity index (χ0v) is 10.3. The van der Waals surface area contributed by atoms with Gasteiger partial charge in [0, 0.05) is 11.1 Å². The number of nitrogens with zero attached hydrogens (tertiary/aromatic N) is 1. The normalized spacial score (nSPS) is 11.4. The third kappa shape index (κ3) is 3.66. The van der Waals surface area contributed by atoms with E-state index >= 15 is 0 Å². The predicted molar refractivity (Wildman–Crippen MR) is 64.6 cm³/mol. The topological polar surface area (TPSA) is 38.7 Å². The van der Waals surface area contributed by atoms with Crippen LogP contribution in [0.4, 0.5) is 4.39 Å². The average molecular weight is 237 g/mol. The monoisotopic (exact) mass is 237 g/mol. The molecule has 0 saturated carbocycles. The number of Topliss-reactive ketones (excluding diaryl/α,β-unsaturated/α-hetero) is 1. The molecule has 0 heterocycles. The molecule has 0 aliphatic rings. The smallest absolute Gasteiger partial charge is 0.160 e. The summed E-state index contributed by atoms with van der Waals surface area (Å²) in [5.74, 6) is -0.624. The summed E-state index contributed by atoms with van der Waals surface area (Å²) in [5.41, 5.74) is 1.42. The van der Waals surface area contributed by atoms with Crippen LogP contribution in [-0.2, 0) is 11.4 Å². The number of oxime groups is 1. The van der Waals surface area contributed by atoms with Gasteiger partial charge >= 0.3 is 0 Å². The average Bonchev–Trinajstić information content (AvgIpc) is 2.30. The number of ketones is 1. The van der Waals surface area contributed by atoms with Crippen molar-refractivity contribution in [2.24, 2.45) is 5.16 Å². The highest BCUT2D eigenvalue weighted by atomic mass is 19.1. The van der Waals surface area contributed by atoms with Gasteiger partial charge in [-0.1, -0.05) is 24.2 Å². The van der Waals surface area contributed by atoms with Crippen LogP contribution in [0, 0.1) is 5.82 Å². The molecule has 1 aromatic carbocycles. The first-order chi connectivity index (χ1) is 8.06. The first-order valence-electron chi connectivity index (χ1n) is 5.50. The molecule has 0 aliphatic carbocycles. The molecule has 0 saturated heterocycles. The van der Waals surface area contributed by atoms with Gasteiger partial charge in [-0.2, -0.15) is 0 Å².